The van der Waals surface area contributed by atoms with E-state index in [0.717, 1.165) is 0 Å². The van der Waals surface area contributed by atoms with Crippen molar-refractivity contribution >= 4 is 33.5 Å². The van der Waals surface area contributed by atoms with Gasteiger partial charge in [-0.15, -0.1) is 9.42 Å². The first-order valence-electron chi connectivity index (χ1n) is 6.77. The maximum absolute atomic E-state index is 11.2. The Balaban J connectivity index is 1.74. The number of fused-ring (bicyclic) bond motifs is 1. The second-order valence-electron chi connectivity index (χ2n) is 4.97. The lowest BCUT2D eigenvalue weighted by atomic mass is 10.1. The highest BCUT2D eigenvalue weighted by Crippen LogP contribution is 2.38. The molecule has 3 rings (SSSR count). The van der Waals surface area contributed by atoms with Crippen molar-refractivity contribution in [2.24, 2.45) is 0 Å². The molecule has 6 atom stereocenters. The van der Waals surface area contributed by atoms with Gasteiger partial charge in [0, 0.05) is 9.13 Å². The third-order valence-corrected chi connectivity index (χ3v) is 4.93. The number of aromatic nitrogens is 4. The average Bonchev–Trinajstić information content (AvgIpc) is 3.09. The molecule has 0 radical (unpaired) electrons. The van der Waals surface area contributed by atoms with Crippen LogP contribution in [0.3, 0.4) is 0 Å². The van der Waals surface area contributed by atoms with Gasteiger partial charge in [-0.25, -0.2) is 15.0 Å². The van der Waals surface area contributed by atoms with Gasteiger partial charge in [0.1, 0.15) is 36.8 Å². The minimum atomic E-state index is -3.09. The van der Waals surface area contributed by atoms with Crippen LogP contribution in [0, 0.1) is 0 Å². The molecule has 0 bridgehead atoms. The number of nitrogen functional groups attached to an aromatic ring is 1. The molecule has 25 heavy (non-hydrogen) atoms. The van der Waals surface area contributed by atoms with E-state index in [1.165, 1.54) is 17.2 Å². The lowest BCUT2D eigenvalue weighted by Crippen LogP contribution is -2.33. The van der Waals surface area contributed by atoms with E-state index >= 15 is 0 Å². The molecule has 0 aliphatic carbocycles. The molecule has 134 valence electrons. The van der Waals surface area contributed by atoms with Crippen molar-refractivity contribution in [2.75, 3.05) is 12.3 Å². The number of hydrogen-bond donors (Lipinski definition) is 4. The Labute approximate surface area is 141 Å². The quantitative estimate of drug-likeness (QED) is 0.455. The molecule has 15 heteroatoms. The van der Waals surface area contributed by atoms with E-state index in [2.05, 4.69) is 19.3 Å². The largest absolute Gasteiger partial charge is 0.747 e. The number of aliphatic hydroxyl groups is 2. The fraction of sp³-hybridized carbons (Fsp3) is 0.500. The van der Waals surface area contributed by atoms with Crippen LogP contribution in [0.25, 0.3) is 11.2 Å². The Kier molecular flexibility index (Phi) is 5.27. The van der Waals surface area contributed by atoms with Crippen molar-refractivity contribution in [3.63, 3.8) is 0 Å². The number of imidazole rings is 1. The van der Waals surface area contributed by atoms with Crippen molar-refractivity contribution in [3.8, 4) is 0 Å². The van der Waals surface area contributed by atoms with Gasteiger partial charge in [-0.2, -0.15) is 0 Å². The molecule has 6 unspecified atom stereocenters. The van der Waals surface area contributed by atoms with Crippen molar-refractivity contribution < 1.29 is 37.8 Å². The maximum Gasteiger partial charge on any atom is 0.747 e. The van der Waals surface area contributed by atoms with E-state index in [1.807, 2.05) is 0 Å². The number of hydrogen-bond acceptors (Lipinski definition) is 11. The molecule has 2 aromatic rings. The van der Waals surface area contributed by atoms with Crippen LogP contribution in [0.1, 0.15) is 6.23 Å². The summed E-state index contributed by atoms with van der Waals surface area (Å²) in [4.78, 5) is 20.3. The van der Waals surface area contributed by atoms with Gasteiger partial charge >= 0.3 is 16.5 Å². The molecular formula is C10H13N5O8P2+2. The van der Waals surface area contributed by atoms with Gasteiger partial charge in [-0.3, -0.25) is 4.57 Å². The van der Waals surface area contributed by atoms with Crippen LogP contribution in [0.4, 0.5) is 5.82 Å². The van der Waals surface area contributed by atoms with E-state index in [0.29, 0.717) is 5.52 Å². The molecule has 13 nitrogen and oxygen atoms in total. The van der Waals surface area contributed by atoms with Crippen molar-refractivity contribution in [2.45, 2.75) is 24.5 Å². The van der Waals surface area contributed by atoms with Crippen LogP contribution in [0.5, 0.6) is 0 Å². The SMILES string of the molecule is Nc1ncnc2c1ncn2C1OC(CO[P+](=O)O[P+](=O)O)C(O)C1O. The predicted molar refractivity (Wildman–Crippen MR) is 80.1 cm³/mol. The molecule has 3 heterocycles. The molecule has 2 aromatic heterocycles. The van der Waals surface area contributed by atoms with Gasteiger partial charge in [-0.05, 0) is 0 Å². The van der Waals surface area contributed by atoms with Crippen LogP contribution in [0.15, 0.2) is 12.7 Å². The smallest absolute Gasteiger partial charge is 0.387 e. The Hall–Kier alpha value is -1.69. The van der Waals surface area contributed by atoms with E-state index in [4.69, 9.17) is 19.9 Å². The second kappa shape index (κ2) is 7.28. The Morgan fingerprint density at radius 3 is 2.76 bits per heavy atom. The zero-order chi connectivity index (χ0) is 18.1. The minimum absolute atomic E-state index is 0.143. The first-order valence-corrected chi connectivity index (χ1v) is 9.00. The summed E-state index contributed by atoms with van der Waals surface area (Å²) in [5.41, 5.74) is 6.28. The van der Waals surface area contributed by atoms with Crippen LogP contribution in [-0.4, -0.2) is 59.5 Å². The molecule has 0 spiro atoms. The van der Waals surface area contributed by atoms with Crippen molar-refractivity contribution in [1.29, 1.82) is 0 Å². The zero-order valence-corrected chi connectivity index (χ0v) is 14.1. The van der Waals surface area contributed by atoms with Gasteiger partial charge < -0.3 is 20.7 Å². The van der Waals surface area contributed by atoms with Crippen molar-refractivity contribution in [1.82, 2.24) is 19.5 Å². The van der Waals surface area contributed by atoms with Gasteiger partial charge in [0.15, 0.2) is 22.0 Å². The second-order valence-corrected chi connectivity index (χ2v) is 6.80. The van der Waals surface area contributed by atoms with E-state index < -0.39 is 47.7 Å². The number of nitrogens with zero attached hydrogens (tertiary/aromatic N) is 4. The normalized spacial score (nSPS) is 27.6. The highest BCUT2D eigenvalue weighted by Gasteiger charge is 2.47. The first kappa shape index (κ1) is 18.1. The number of ether oxygens (including phenoxy) is 1. The monoisotopic (exact) mass is 393 g/mol. The lowest BCUT2D eigenvalue weighted by Gasteiger charge is -2.16. The van der Waals surface area contributed by atoms with E-state index in [1.54, 1.807) is 0 Å². The van der Waals surface area contributed by atoms with Gasteiger partial charge in [0.25, 0.3) is 0 Å². The standard InChI is InChI=1S/C10H12N5O8P2/c11-8-5-9(13-2-12-8)15(3-14-5)10-7(17)6(16)4(22-10)1-21-25(20)23-24(18)19/h2-4,6-7,10,16-17H,1H2,(H2-,11,12,13,18,19)/q+1/p+1. The summed E-state index contributed by atoms with van der Waals surface area (Å²) >= 11 is 0. The minimum Gasteiger partial charge on any atom is -0.387 e. The van der Waals surface area contributed by atoms with Crippen LogP contribution in [0.2, 0.25) is 0 Å². The van der Waals surface area contributed by atoms with Gasteiger partial charge in [-0.1, -0.05) is 0 Å². The van der Waals surface area contributed by atoms with Gasteiger partial charge in [0.2, 0.25) is 0 Å². The summed E-state index contributed by atoms with van der Waals surface area (Å²) < 4.78 is 37.3. The molecule has 0 aromatic carbocycles. The van der Waals surface area contributed by atoms with Crippen molar-refractivity contribution in [3.05, 3.63) is 12.7 Å². The Bertz CT molecular complexity index is 818. The summed E-state index contributed by atoms with van der Waals surface area (Å²) in [5.74, 6) is 0.143. The van der Waals surface area contributed by atoms with Crippen LogP contribution >= 0.6 is 16.5 Å². The van der Waals surface area contributed by atoms with E-state index in [-0.39, 0.29) is 11.5 Å². The summed E-state index contributed by atoms with van der Waals surface area (Å²) in [6.45, 7) is -0.448. The third-order valence-electron chi connectivity index (χ3n) is 3.48. The number of rotatable bonds is 6. The van der Waals surface area contributed by atoms with Gasteiger partial charge in [0.05, 0.1) is 6.33 Å². The molecule has 0 saturated carbocycles. The highest BCUT2D eigenvalue weighted by molar-refractivity contribution is 7.47. The lowest BCUT2D eigenvalue weighted by molar-refractivity contribution is -0.0475. The Morgan fingerprint density at radius 1 is 1.28 bits per heavy atom. The average molecular weight is 393 g/mol. The highest BCUT2D eigenvalue weighted by atomic mass is 31.2. The van der Waals surface area contributed by atoms with E-state index in [9.17, 15) is 19.3 Å². The number of nitrogens with two attached hydrogens (primary N) is 1. The summed E-state index contributed by atoms with van der Waals surface area (Å²) in [6.07, 6.45) is -2.35. The number of anilines is 1. The summed E-state index contributed by atoms with van der Waals surface area (Å²) in [6, 6.07) is 0. The molecule has 0 amide bonds. The third kappa shape index (κ3) is 3.64. The first-order chi connectivity index (χ1) is 11.9. The molecule has 1 aliphatic heterocycles. The molecule has 1 fully saturated rings. The zero-order valence-electron chi connectivity index (χ0n) is 12.3. The van der Waals surface area contributed by atoms with Crippen LogP contribution in [-0.2, 0) is 22.7 Å². The predicted octanol–water partition coefficient (Wildman–Crippen LogP) is -0.632. The molecule has 5 N–H and O–H groups in total. The fourth-order valence-corrected chi connectivity index (χ4v) is 3.28. The summed E-state index contributed by atoms with van der Waals surface area (Å²) in [7, 11) is -5.97. The Morgan fingerprint density at radius 2 is 2.04 bits per heavy atom. The molecule has 1 aliphatic rings. The summed E-state index contributed by atoms with van der Waals surface area (Å²) in [5, 5.41) is 20.3. The maximum atomic E-state index is 11.2. The van der Waals surface area contributed by atoms with Crippen LogP contribution < -0.4 is 5.73 Å². The topological polar surface area (TPSA) is 192 Å². The fourth-order valence-electron chi connectivity index (χ4n) is 2.37. The molecule has 1 saturated heterocycles. The molecular weight excluding hydrogens is 380 g/mol. The number of aliphatic hydroxyl groups excluding tert-OH is 2.